The molecule has 0 atom stereocenters. The van der Waals surface area contributed by atoms with Crippen molar-refractivity contribution in [2.75, 3.05) is 0 Å². The summed E-state index contributed by atoms with van der Waals surface area (Å²) >= 11 is 1.71. The van der Waals surface area contributed by atoms with Crippen LogP contribution in [0.25, 0.3) is 0 Å². The Hall–Kier alpha value is -0.610. The molecule has 0 fully saturated rings. The number of nitrogens with two attached hydrogens (primary N) is 1. The minimum Gasteiger partial charge on any atom is -0.325 e. The molecule has 1 rings (SSSR count). The molecule has 2 N–H and O–H groups in total. The Morgan fingerprint density at radius 2 is 2.00 bits per heavy atom. The van der Waals surface area contributed by atoms with Gasteiger partial charge in [0.2, 0.25) is 0 Å². The van der Waals surface area contributed by atoms with Gasteiger partial charge in [-0.15, -0.1) is 0 Å². The zero-order valence-electron chi connectivity index (χ0n) is 8.24. The lowest BCUT2D eigenvalue weighted by atomic mass is 10.3. The molecule has 0 aromatic carbocycles. The number of aromatic nitrogens is 2. The third kappa shape index (κ3) is 3.74. The topological polar surface area (TPSA) is 51.8 Å². The van der Waals surface area contributed by atoms with Crippen molar-refractivity contribution >= 4 is 11.8 Å². The van der Waals surface area contributed by atoms with Gasteiger partial charge < -0.3 is 5.73 Å². The average Bonchev–Trinajstić information content (AvgIpc) is 2.03. The predicted octanol–water partition coefficient (Wildman–Crippen LogP) is 1.83. The van der Waals surface area contributed by atoms with Gasteiger partial charge in [-0.1, -0.05) is 32.5 Å². The fraction of sp³-hybridized carbons (Fsp3) is 0.556. The largest absolute Gasteiger partial charge is 0.325 e. The molecule has 4 heteroatoms. The van der Waals surface area contributed by atoms with Gasteiger partial charge in [-0.3, -0.25) is 4.98 Å². The van der Waals surface area contributed by atoms with Crippen molar-refractivity contribution in [3.05, 3.63) is 18.1 Å². The fourth-order valence-corrected chi connectivity index (χ4v) is 1.65. The van der Waals surface area contributed by atoms with E-state index >= 15 is 0 Å². The molecule has 0 saturated heterocycles. The molecule has 0 aliphatic heterocycles. The van der Waals surface area contributed by atoms with Crippen molar-refractivity contribution in [1.82, 2.24) is 9.97 Å². The predicted molar refractivity (Wildman–Crippen MR) is 55.5 cm³/mol. The number of thioether (sulfide) groups is 1. The van der Waals surface area contributed by atoms with Gasteiger partial charge in [0.1, 0.15) is 5.03 Å². The van der Waals surface area contributed by atoms with Crippen LogP contribution >= 0.6 is 11.8 Å². The van der Waals surface area contributed by atoms with Crippen LogP contribution in [0.3, 0.4) is 0 Å². The van der Waals surface area contributed by atoms with Crippen LogP contribution in [-0.2, 0) is 6.54 Å². The highest BCUT2D eigenvalue weighted by atomic mass is 32.2. The van der Waals surface area contributed by atoms with Crippen LogP contribution in [-0.4, -0.2) is 14.7 Å². The van der Waals surface area contributed by atoms with E-state index < -0.39 is 0 Å². The Morgan fingerprint density at radius 3 is 2.38 bits per heavy atom. The molecule has 13 heavy (non-hydrogen) atoms. The minimum absolute atomic E-state index is 0.179. The third-order valence-electron chi connectivity index (χ3n) is 1.30. The zero-order valence-corrected chi connectivity index (χ0v) is 9.06. The lowest BCUT2D eigenvalue weighted by molar-refractivity contribution is 0.796. The molecule has 0 saturated carbocycles. The number of nitrogens with zero attached hydrogens (tertiary/aromatic N) is 2. The summed E-state index contributed by atoms with van der Waals surface area (Å²) in [5, 5.41) is 0.949. The summed E-state index contributed by atoms with van der Waals surface area (Å²) in [5.74, 6) is 0. The van der Waals surface area contributed by atoms with E-state index in [-0.39, 0.29) is 4.75 Å². The van der Waals surface area contributed by atoms with Gasteiger partial charge in [0.15, 0.2) is 0 Å². The van der Waals surface area contributed by atoms with Crippen molar-refractivity contribution < 1.29 is 0 Å². The van der Waals surface area contributed by atoms with Crippen LogP contribution in [0.2, 0.25) is 0 Å². The van der Waals surface area contributed by atoms with Crippen molar-refractivity contribution in [2.45, 2.75) is 37.1 Å². The molecule has 3 nitrogen and oxygen atoms in total. The van der Waals surface area contributed by atoms with Crippen molar-refractivity contribution in [2.24, 2.45) is 5.73 Å². The maximum absolute atomic E-state index is 5.42. The number of rotatable bonds is 2. The van der Waals surface area contributed by atoms with Crippen LogP contribution in [0, 0.1) is 0 Å². The van der Waals surface area contributed by atoms with Crippen molar-refractivity contribution in [3.8, 4) is 0 Å². The second-order valence-corrected chi connectivity index (χ2v) is 5.61. The standard InChI is InChI=1S/C9H15N3S/c1-9(2,3)13-8-6-11-7(4-10)5-12-8/h5-6H,4,10H2,1-3H3. The summed E-state index contributed by atoms with van der Waals surface area (Å²) in [6.07, 6.45) is 3.51. The molecule has 0 unspecified atom stereocenters. The van der Waals surface area contributed by atoms with Gasteiger partial charge in [-0.25, -0.2) is 4.98 Å². The SMILES string of the molecule is CC(C)(C)Sc1cnc(CN)cn1. The summed E-state index contributed by atoms with van der Waals surface area (Å²) < 4.78 is 0.179. The van der Waals surface area contributed by atoms with Crippen LogP contribution in [0.1, 0.15) is 26.5 Å². The molecule has 0 aliphatic rings. The van der Waals surface area contributed by atoms with E-state index in [1.165, 1.54) is 0 Å². The molecule has 0 bridgehead atoms. The van der Waals surface area contributed by atoms with E-state index in [9.17, 15) is 0 Å². The number of hydrogen-bond donors (Lipinski definition) is 1. The van der Waals surface area contributed by atoms with E-state index in [4.69, 9.17) is 5.73 Å². The first-order chi connectivity index (χ1) is 6.01. The van der Waals surface area contributed by atoms with Gasteiger partial charge in [0.25, 0.3) is 0 Å². The fourth-order valence-electron chi connectivity index (χ4n) is 0.815. The summed E-state index contributed by atoms with van der Waals surface area (Å²) in [4.78, 5) is 8.43. The molecule has 1 aromatic heterocycles. The molecule has 0 spiro atoms. The summed E-state index contributed by atoms with van der Waals surface area (Å²) in [6, 6.07) is 0. The maximum atomic E-state index is 5.42. The molecular weight excluding hydrogens is 182 g/mol. The Balaban J connectivity index is 2.70. The van der Waals surface area contributed by atoms with Crippen LogP contribution in [0.5, 0.6) is 0 Å². The first-order valence-electron chi connectivity index (χ1n) is 4.21. The lowest BCUT2D eigenvalue weighted by Crippen LogP contribution is -2.08. The highest BCUT2D eigenvalue weighted by molar-refractivity contribution is 8.00. The van der Waals surface area contributed by atoms with E-state index in [1.54, 1.807) is 24.2 Å². The van der Waals surface area contributed by atoms with Gasteiger partial charge in [0.05, 0.1) is 18.1 Å². The summed E-state index contributed by atoms with van der Waals surface area (Å²) in [5.41, 5.74) is 6.25. The van der Waals surface area contributed by atoms with E-state index in [1.807, 2.05) is 0 Å². The summed E-state index contributed by atoms with van der Waals surface area (Å²) in [6.45, 7) is 6.90. The van der Waals surface area contributed by atoms with Crippen LogP contribution in [0.4, 0.5) is 0 Å². The second-order valence-electron chi connectivity index (χ2n) is 3.76. The molecule has 72 valence electrons. The Kier molecular flexibility index (Phi) is 3.27. The van der Waals surface area contributed by atoms with Gasteiger partial charge in [0, 0.05) is 11.3 Å². The number of hydrogen-bond acceptors (Lipinski definition) is 4. The monoisotopic (exact) mass is 197 g/mol. The first kappa shape index (κ1) is 10.5. The average molecular weight is 197 g/mol. The van der Waals surface area contributed by atoms with E-state index in [0.717, 1.165) is 10.7 Å². The second kappa shape index (κ2) is 4.07. The molecule has 1 aromatic rings. The highest BCUT2D eigenvalue weighted by Crippen LogP contribution is 2.29. The third-order valence-corrected chi connectivity index (χ3v) is 2.33. The molecule has 0 aliphatic carbocycles. The van der Waals surface area contributed by atoms with Crippen LogP contribution < -0.4 is 5.73 Å². The van der Waals surface area contributed by atoms with Gasteiger partial charge >= 0.3 is 0 Å². The summed E-state index contributed by atoms with van der Waals surface area (Å²) in [7, 11) is 0. The molecular formula is C9H15N3S. The minimum atomic E-state index is 0.179. The lowest BCUT2D eigenvalue weighted by Gasteiger charge is -2.16. The molecule has 1 heterocycles. The first-order valence-corrected chi connectivity index (χ1v) is 5.03. The van der Waals surface area contributed by atoms with Crippen LogP contribution in [0.15, 0.2) is 17.4 Å². The zero-order chi connectivity index (χ0) is 9.90. The Bertz CT molecular complexity index is 263. The Labute approximate surface area is 83.2 Å². The van der Waals surface area contributed by atoms with E-state index in [2.05, 4.69) is 30.7 Å². The molecule has 0 amide bonds. The highest BCUT2D eigenvalue weighted by Gasteiger charge is 2.12. The van der Waals surface area contributed by atoms with Crippen molar-refractivity contribution in [3.63, 3.8) is 0 Å². The molecule has 0 radical (unpaired) electrons. The van der Waals surface area contributed by atoms with Crippen molar-refractivity contribution in [1.29, 1.82) is 0 Å². The Morgan fingerprint density at radius 1 is 1.31 bits per heavy atom. The quantitative estimate of drug-likeness (QED) is 0.735. The van der Waals surface area contributed by atoms with E-state index in [0.29, 0.717) is 6.54 Å². The normalized spacial score (nSPS) is 11.7. The smallest absolute Gasteiger partial charge is 0.115 e. The van der Waals surface area contributed by atoms with Gasteiger partial charge in [-0.05, 0) is 0 Å². The maximum Gasteiger partial charge on any atom is 0.115 e. The van der Waals surface area contributed by atoms with Gasteiger partial charge in [-0.2, -0.15) is 0 Å².